The van der Waals surface area contributed by atoms with Crippen LogP contribution >= 0.6 is 0 Å². The van der Waals surface area contributed by atoms with Gasteiger partial charge in [0.2, 0.25) is 10.0 Å². The summed E-state index contributed by atoms with van der Waals surface area (Å²) in [6.45, 7) is 5.09. The maximum absolute atomic E-state index is 11.2. The van der Waals surface area contributed by atoms with Crippen molar-refractivity contribution >= 4 is 10.0 Å². The van der Waals surface area contributed by atoms with Crippen molar-refractivity contribution in [3.8, 4) is 0 Å². The van der Waals surface area contributed by atoms with Gasteiger partial charge in [0.25, 0.3) is 0 Å². The fourth-order valence-corrected chi connectivity index (χ4v) is 2.50. The first-order chi connectivity index (χ1) is 6.93. The molecule has 0 radical (unpaired) electrons. The molecule has 1 atom stereocenters. The third kappa shape index (κ3) is 4.06. The average Bonchev–Trinajstić information content (AvgIpc) is 2.17. The largest absolute Gasteiger partial charge is 0.392 e. The molecule has 0 aromatic carbocycles. The van der Waals surface area contributed by atoms with E-state index in [9.17, 15) is 13.5 Å². The van der Waals surface area contributed by atoms with Gasteiger partial charge in [-0.25, -0.2) is 8.42 Å². The van der Waals surface area contributed by atoms with Gasteiger partial charge in [-0.1, -0.05) is 6.92 Å². The second-order valence-electron chi connectivity index (χ2n) is 4.02. The standard InChI is InChI=1S/C9H20N2O3S/c1-3-9(12)8-10-4-6-11(7-5-10)15(2,13)14/h9,12H,3-8H2,1-2H3. The van der Waals surface area contributed by atoms with E-state index in [-0.39, 0.29) is 6.10 Å². The minimum atomic E-state index is -3.04. The first kappa shape index (κ1) is 12.9. The summed E-state index contributed by atoms with van der Waals surface area (Å²) in [6, 6.07) is 0. The molecule has 5 nitrogen and oxygen atoms in total. The Morgan fingerprint density at radius 3 is 2.20 bits per heavy atom. The summed E-state index contributed by atoms with van der Waals surface area (Å²) >= 11 is 0. The highest BCUT2D eigenvalue weighted by atomic mass is 32.2. The molecule has 1 unspecified atom stereocenters. The molecule has 0 aromatic heterocycles. The number of hydrogen-bond acceptors (Lipinski definition) is 4. The van der Waals surface area contributed by atoms with Gasteiger partial charge in [-0.2, -0.15) is 4.31 Å². The van der Waals surface area contributed by atoms with Crippen molar-refractivity contribution in [3.63, 3.8) is 0 Å². The lowest BCUT2D eigenvalue weighted by Crippen LogP contribution is -2.49. The van der Waals surface area contributed by atoms with Gasteiger partial charge in [-0.3, -0.25) is 4.90 Å². The lowest BCUT2D eigenvalue weighted by molar-refractivity contribution is 0.0898. The summed E-state index contributed by atoms with van der Waals surface area (Å²) in [4.78, 5) is 2.11. The van der Waals surface area contributed by atoms with Crippen molar-refractivity contribution < 1.29 is 13.5 Å². The first-order valence-corrected chi connectivity index (χ1v) is 7.14. The number of nitrogens with zero attached hydrogens (tertiary/aromatic N) is 2. The topological polar surface area (TPSA) is 60.9 Å². The molecule has 1 aliphatic heterocycles. The molecule has 0 spiro atoms. The van der Waals surface area contributed by atoms with Gasteiger partial charge in [-0.05, 0) is 6.42 Å². The van der Waals surface area contributed by atoms with Crippen molar-refractivity contribution in [3.05, 3.63) is 0 Å². The summed E-state index contributed by atoms with van der Waals surface area (Å²) in [5, 5.41) is 9.46. The molecule has 1 N–H and O–H groups in total. The highest BCUT2D eigenvalue weighted by Gasteiger charge is 2.23. The lowest BCUT2D eigenvalue weighted by atomic mass is 10.2. The Kier molecular flexibility index (Phi) is 4.51. The number of rotatable bonds is 4. The van der Waals surface area contributed by atoms with Crippen molar-refractivity contribution in [2.45, 2.75) is 19.4 Å². The van der Waals surface area contributed by atoms with Crippen LogP contribution in [0.15, 0.2) is 0 Å². The van der Waals surface area contributed by atoms with Crippen molar-refractivity contribution in [1.82, 2.24) is 9.21 Å². The number of aliphatic hydroxyl groups is 1. The van der Waals surface area contributed by atoms with Crippen molar-refractivity contribution in [1.29, 1.82) is 0 Å². The molecule has 0 amide bonds. The molecule has 0 bridgehead atoms. The van der Waals surface area contributed by atoms with Crippen LogP contribution in [-0.4, -0.2) is 67.8 Å². The van der Waals surface area contributed by atoms with Crippen LogP contribution in [0.4, 0.5) is 0 Å². The van der Waals surface area contributed by atoms with Gasteiger partial charge in [0.1, 0.15) is 0 Å². The average molecular weight is 236 g/mol. The molecule has 1 saturated heterocycles. The van der Waals surface area contributed by atoms with Crippen LogP contribution in [0, 0.1) is 0 Å². The van der Waals surface area contributed by atoms with Gasteiger partial charge < -0.3 is 5.11 Å². The number of sulfonamides is 1. The van der Waals surface area contributed by atoms with Crippen LogP contribution in [0.1, 0.15) is 13.3 Å². The smallest absolute Gasteiger partial charge is 0.211 e. The minimum absolute atomic E-state index is 0.296. The van der Waals surface area contributed by atoms with Gasteiger partial charge in [-0.15, -0.1) is 0 Å². The minimum Gasteiger partial charge on any atom is -0.392 e. The molecular weight excluding hydrogens is 216 g/mol. The summed E-state index contributed by atoms with van der Waals surface area (Å²) in [5.74, 6) is 0. The zero-order valence-electron chi connectivity index (χ0n) is 9.39. The predicted octanol–water partition coefficient (Wildman–Crippen LogP) is -0.665. The molecule has 0 aliphatic carbocycles. The Hall–Kier alpha value is -0.170. The van der Waals surface area contributed by atoms with E-state index in [0.717, 1.165) is 6.42 Å². The quantitative estimate of drug-likeness (QED) is 0.703. The van der Waals surface area contributed by atoms with Crippen molar-refractivity contribution in [2.24, 2.45) is 0 Å². The zero-order valence-corrected chi connectivity index (χ0v) is 10.2. The van der Waals surface area contributed by atoms with Crippen LogP contribution < -0.4 is 0 Å². The van der Waals surface area contributed by atoms with E-state index >= 15 is 0 Å². The van der Waals surface area contributed by atoms with Crippen LogP contribution in [0.3, 0.4) is 0 Å². The molecule has 1 heterocycles. The summed E-state index contributed by atoms with van der Waals surface area (Å²) in [5.41, 5.74) is 0. The van der Waals surface area contributed by atoms with Crippen LogP contribution in [0.25, 0.3) is 0 Å². The van der Waals surface area contributed by atoms with Crippen molar-refractivity contribution in [2.75, 3.05) is 39.0 Å². The molecule has 0 aromatic rings. The molecule has 6 heteroatoms. The van der Waals surface area contributed by atoms with E-state index in [1.807, 2.05) is 6.92 Å². The zero-order chi connectivity index (χ0) is 11.5. The Bertz CT molecular complexity index is 284. The fraction of sp³-hybridized carbons (Fsp3) is 1.00. The van der Waals surface area contributed by atoms with Gasteiger partial charge in [0.05, 0.1) is 12.4 Å². The van der Waals surface area contributed by atoms with E-state index in [4.69, 9.17) is 0 Å². The van der Waals surface area contributed by atoms with Crippen LogP contribution in [0.2, 0.25) is 0 Å². The fourth-order valence-electron chi connectivity index (χ4n) is 1.67. The number of aliphatic hydroxyl groups excluding tert-OH is 1. The number of β-amino-alcohol motifs (C(OH)–C–C–N with tert-alkyl or cyclic N) is 1. The third-order valence-corrected chi connectivity index (χ3v) is 4.04. The molecule has 15 heavy (non-hydrogen) atoms. The normalized spacial score (nSPS) is 22.9. The van der Waals surface area contributed by atoms with E-state index in [1.54, 1.807) is 0 Å². The Morgan fingerprint density at radius 2 is 1.80 bits per heavy atom. The van der Waals surface area contributed by atoms with Gasteiger partial charge in [0.15, 0.2) is 0 Å². The second-order valence-corrected chi connectivity index (χ2v) is 6.01. The van der Waals surface area contributed by atoms with E-state index in [2.05, 4.69) is 4.90 Å². The number of piperazine rings is 1. The second kappa shape index (κ2) is 5.25. The molecule has 0 saturated carbocycles. The maximum atomic E-state index is 11.2. The molecule has 1 fully saturated rings. The van der Waals surface area contributed by atoms with E-state index in [1.165, 1.54) is 10.6 Å². The SMILES string of the molecule is CCC(O)CN1CCN(S(C)(=O)=O)CC1. The number of hydrogen-bond donors (Lipinski definition) is 1. The van der Waals surface area contributed by atoms with Gasteiger partial charge in [0, 0.05) is 32.7 Å². The Labute approximate surface area is 91.7 Å². The molecule has 1 aliphatic rings. The van der Waals surface area contributed by atoms with E-state index < -0.39 is 10.0 Å². The monoisotopic (exact) mass is 236 g/mol. The van der Waals surface area contributed by atoms with Gasteiger partial charge >= 0.3 is 0 Å². The predicted molar refractivity (Wildman–Crippen MR) is 59.2 cm³/mol. The Balaban J connectivity index is 2.36. The highest BCUT2D eigenvalue weighted by molar-refractivity contribution is 7.88. The summed E-state index contributed by atoms with van der Waals surface area (Å²) in [6.07, 6.45) is 1.69. The first-order valence-electron chi connectivity index (χ1n) is 5.29. The summed E-state index contributed by atoms with van der Waals surface area (Å²) < 4.78 is 23.9. The molecular formula is C9H20N2O3S. The maximum Gasteiger partial charge on any atom is 0.211 e. The molecule has 90 valence electrons. The Morgan fingerprint density at radius 1 is 1.27 bits per heavy atom. The summed E-state index contributed by atoms with van der Waals surface area (Å²) in [7, 11) is -3.04. The highest BCUT2D eigenvalue weighted by Crippen LogP contribution is 2.07. The molecule has 1 rings (SSSR count). The van der Waals surface area contributed by atoms with Crippen LogP contribution in [0.5, 0.6) is 0 Å². The van der Waals surface area contributed by atoms with Crippen LogP contribution in [-0.2, 0) is 10.0 Å². The lowest BCUT2D eigenvalue weighted by Gasteiger charge is -2.34. The third-order valence-electron chi connectivity index (χ3n) is 2.74. The van der Waals surface area contributed by atoms with E-state index in [0.29, 0.717) is 32.7 Å².